The summed E-state index contributed by atoms with van der Waals surface area (Å²) < 4.78 is 6.14. The van der Waals surface area contributed by atoms with Gasteiger partial charge in [-0.05, 0) is 37.9 Å². The van der Waals surface area contributed by atoms with Crippen LogP contribution in [0.25, 0.3) is 0 Å². The molecule has 0 saturated carbocycles. The lowest BCUT2D eigenvalue weighted by Gasteiger charge is -2.30. The summed E-state index contributed by atoms with van der Waals surface area (Å²) in [6, 6.07) is 8.29. The normalized spacial score (nSPS) is 12.6. The lowest BCUT2D eigenvalue weighted by Crippen LogP contribution is -2.39. The molecular weight excluding hydrogens is 210 g/mol. The van der Waals surface area contributed by atoms with E-state index >= 15 is 0 Å². The summed E-state index contributed by atoms with van der Waals surface area (Å²) in [7, 11) is 1.95. The van der Waals surface area contributed by atoms with Crippen molar-refractivity contribution in [2.75, 3.05) is 13.6 Å². The van der Waals surface area contributed by atoms with Crippen LogP contribution in [0.1, 0.15) is 40.2 Å². The fourth-order valence-electron chi connectivity index (χ4n) is 1.93. The average Bonchev–Trinajstić information content (AvgIpc) is 2.15. The van der Waals surface area contributed by atoms with Gasteiger partial charge in [0.1, 0.15) is 11.4 Å². The molecule has 1 rings (SSSR count). The SMILES string of the molecule is CNCC(C)(C)Oc1ccccc1C(C)(C)C. The standard InChI is InChI=1S/C15H25NO/c1-14(2,3)12-9-7-8-10-13(12)17-15(4,5)11-16-6/h7-10,16H,11H2,1-6H3. The van der Waals surface area contributed by atoms with Gasteiger partial charge >= 0.3 is 0 Å². The van der Waals surface area contributed by atoms with E-state index in [1.807, 2.05) is 13.1 Å². The Morgan fingerprint density at radius 3 is 2.18 bits per heavy atom. The molecule has 1 aromatic carbocycles. The van der Waals surface area contributed by atoms with Crippen molar-refractivity contribution in [3.05, 3.63) is 29.8 Å². The molecule has 0 aliphatic heterocycles. The minimum atomic E-state index is -0.198. The minimum absolute atomic E-state index is 0.103. The predicted molar refractivity (Wildman–Crippen MR) is 73.8 cm³/mol. The fraction of sp³-hybridized carbons (Fsp3) is 0.600. The van der Waals surface area contributed by atoms with E-state index in [0.29, 0.717) is 0 Å². The molecule has 0 fully saturated rings. The first kappa shape index (κ1) is 14.0. The molecule has 0 spiro atoms. The van der Waals surface area contributed by atoms with Crippen molar-refractivity contribution in [3.63, 3.8) is 0 Å². The second-order valence-corrected chi connectivity index (χ2v) is 6.14. The van der Waals surface area contributed by atoms with Crippen LogP contribution in [0.4, 0.5) is 0 Å². The van der Waals surface area contributed by atoms with E-state index < -0.39 is 0 Å². The Morgan fingerprint density at radius 2 is 1.65 bits per heavy atom. The summed E-state index contributed by atoms with van der Waals surface area (Å²) in [6.07, 6.45) is 0. The molecule has 96 valence electrons. The number of hydrogen-bond acceptors (Lipinski definition) is 2. The maximum absolute atomic E-state index is 6.14. The summed E-state index contributed by atoms with van der Waals surface area (Å²) in [5.74, 6) is 0.986. The van der Waals surface area contributed by atoms with E-state index in [-0.39, 0.29) is 11.0 Å². The molecular formula is C15H25NO. The van der Waals surface area contributed by atoms with Gasteiger partial charge in [-0.3, -0.25) is 0 Å². The van der Waals surface area contributed by atoms with Gasteiger partial charge in [-0.2, -0.15) is 0 Å². The van der Waals surface area contributed by atoms with Gasteiger partial charge in [0.05, 0.1) is 0 Å². The first-order chi connectivity index (χ1) is 7.76. The van der Waals surface area contributed by atoms with Crippen molar-refractivity contribution in [1.82, 2.24) is 5.32 Å². The largest absolute Gasteiger partial charge is 0.486 e. The molecule has 2 nitrogen and oxygen atoms in total. The second kappa shape index (κ2) is 5.09. The molecule has 0 aliphatic rings. The number of rotatable bonds is 4. The third kappa shape index (κ3) is 4.04. The molecule has 0 bridgehead atoms. The molecule has 0 amide bonds. The van der Waals surface area contributed by atoms with Crippen LogP contribution in [0, 0.1) is 0 Å². The minimum Gasteiger partial charge on any atom is -0.486 e. The summed E-state index contributed by atoms with van der Waals surface area (Å²) in [4.78, 5) is 0. The van der Waals surface area contributed by atoms with Gasteiger partial charge < -0.3 is 10.1 Å². The van der Waals surface area contributed by atoms with Crippen molar-refractivity contribution in [1.29, 1.82) is 0 Å². The first-order valence-corrected chi connectivity index (χ1v) is 6.19. The Hall–Kier alpha value is -1.02. The average molecular weight is 235 g/mol. The summed E-state index contributed by atoms with van der Waals surface area (Å²) >= 11 is 0. The molecule has 0 heterocycles. The number of hydrogen-bond donors (Lipinski definition) is 1. The molecule has 0 radical (unpaired) electrons. The molecule has 0 aliphatic carbocycles. The van der Waals surface area contributed by atoms with Crippen LogP contribution in [-0.4, -0.2) is 19.2 Å². The molecule has 1 N–H and O–H groups in total. The number of para-hydroxylation sites is 1. The molecule has 0 unspecified atom stereocenters. The topological polar surface area (TPSA) is 21.3 Å². The molecule has 0 aromatic heterocycles. The van der Waals surface area contributed by atoms with Gasteiger partial charge in [-0.15, -0.1) is 0 Å². The fourth-order valence-corrected chi connectivity index (χ4v) is 1.93. The van der Waals surface area contributed by atoms with Crippen molar-refractivity contribution in [2.24, 2.45) is 0 Å². The van der Waals surface area contributed by atoms with Crippen molar-refractivity contribution < 1.29 is 4.74 Å². The molecule has 17 heavy (non-hydrogen) atoms. The monoisotopic (exact) mass is 235 g/mol. The molecule has 2 heteroatoms. The Bertz CT molecular complexity index is 363. The number of benzene rings is 1. The maximum atomic E-state index is 6.14. The number of ether oxygens (including phenoxy) is 1. The summed E-state index contributed by atoms with van der Waals surface area (Å²) in [5.41, 5.74) is 1.16. The Balaban J connectivity index is 2.99. The number of nitrogens with one attached hydrogen (secondary N) is 1. The summed E-state index contributed by atoms with van der Waals surface area (Å²) in [6.45, 7) is 11.7. The highest BCUT2D eigenvalue weighted by Gasteiger charge is 2.24. The lowest BCUT2D eigenvalue weighted by atomic mass is 9.86. The van der Waals surface area contributed by atoms with Crippen LogP contribution < -0.4 is 10.1 Å². The van der Waals surface area contributed by atoms with Gasteiger partial charge in [-0.1, -0.05) is 39.0 Å². The van der Waals surface area contributed by atoms with E-state index in [2.05, 4.69) is 58.1 Å². The van der Waals surface area contributed by atoms with Crippen LogP contribution >= 0.6 is 0 Å². The van der Waals surface area contributed by atoms with Crippen LogP contribution in [0.5, 0.6) is 5.75 Å². The van der Waals surface area contributed by atoms with Gasteiger partial charge in [0, 0.05) is 6.54 Å². The van der Waals surface area contributed by atoms with E-state index in [0.717, 1.165) is 12.3 Å². The van der Waals surface area contributed by atoms with Crippen molar-refractivity contribution in [2.45, 2.75) is 45.6 Å². The van der Waals surface area contributed by atoms with Crippen molar-refractivity contribution >= 4 is 0 Å². The second-order valence-electron chi connectivity index (χ2n) is 6.14. The Morgan fingerprint density at radius 1 is 1.06 bits per heavy atom. The van der Waals surface area contributed by atoms with Gasteiger partial charge in [-0.25, -0.2) is 0 Å². The third-order valence-electron chi connectivity index (χ3n) is 2.68. The quantitative estimate of drug-likeness (QED) is 0.864. The maximum Gasteiger partial charge on any atom is 0.123 e. The molecule has 0 saturated heterocycles. The highest BCUT2D eigenvalue weighted by molar-refractivity contribution is 5.38. The highest BCUT2D eigenvalue weighted by Crippen LogP contribution is 2.32. The smallest absolute Gasteiger partial charge is 0.123 e. The van der Waals surface area contributed by atoms with Gasteiger partial charge in [0.2, 0.25) is 0 Å². The van der Waals surface area contributed by atoms with E-state index in [1.165, 1.54) is 5.56 Å². The predicted octanol–water partition coefficient (Wildman–Crippen LogP) is 3.36. The number of likely N-dealkylation sites (N-methyl/N-ethyl adjacent to an activating group) is 1. The summed E-state index contributed by atoms with van der Waals surface area (Å²) in [5, 5.41) is 3.16. The van der Waals surface area contributed by atoms with Gasteiger partial charge in [0.15, 0.2) is 0 Å². The van der Waals surface area contributed by atoms with Crippen molar-refractivity contribution in [3.8, 4) is 5.75 Å². The lowest BCUT2D eigenvalue weighted by molar-refractivity contribution is 0.108. The molecule has 0 atom stereocenters. The third-order valence-corrected chi connectivity index (χ3v) is 2.68. The van der Waals surface area contributed by atoms with Crippen LogP contribution in [0.2, 0.25) is 0 Å². The van der Waals surface area contributed by atoms with Crippen LogP contribution in [0.15, 0.2) is 24.3 Å². The Labute approximate surface area is 105 Å². The zero-order chi connectivity index (χ0) is 13.1. The Kier molecular flexibility index (Phi) is 4.21. The van der Waals surface area contributed by atoms with Gasteiger partial charge in [0.25, 0.3) is 0 Å². The molecule has 1 aromatic rings. The van der Waals surface area contributed by atoms with E-state index in [1.54, 1.807) is 0 Å². The zero-order valence-corrected chi connectivity index (χ0v) is 11.9. The zero-order valence-electron chi connectivity index (χ0n) is 11.9. The van der Waals surface area contributed by atoms with Crippen LogP contribution in [0.3, 0.4) is 0 Å². The van der Waals surface area contributed by atoms with E-state index in [4.69, 9.17) is 4.74 Å². The van der Waals surface area contributed by atoms with Crippen LogP contribution in [-0.2, 0) is 5.41 Å². The first-order valence-electron chi connectivity index (χ1n) is 6.19. The highest BCUT2D eigenvalue weighted by atomic mass is 16.5. The van der Waals surface area contributed by atoms with E-state index in [9.17, 15) is 0 Å².